The van der Waals surface area contributed by atoms with E-state index in [-0.39, 0.29) is 0 Å². The highest BCUT2D eigenvalue weighted by atomic mass is 35.5. The summed E-state index contributed by atoms with van der Waals surface area (Å²) in [4.78, 5) is 0. The maximum Gasteiger partial charge on any atom is 0.193 e. The predicted molar refractivity (Wildman–Crippen MR) is 67.2 cm³/mol. The molecular weight excluding hydrogens is 252 g/mol. The van der Waals surface area contributed by atoms with E-state index < -0.39 is 0 Å². The van der Waals surface area contributed by atoms with Crippen molar-refractivity contribution < 1.29 is 4.42 Å². The van der Waals surface area contributed by atoms with Crippen LogP contribution in [-0.2, 0) is 13.1 Å². The molecule has 0 amide bonds. The van der Waals surface area contributed by atoms with Crippen molar-refractivity contribution in [2.45, 2.75) is 13.1 Å². The average molecular weight is 263 g/mol. The molecule has 0 saturated heterocycles. The van der Waals surface area contributed by atoms with E-state index in [1.54, 1.807) is 6.07 Å². The zero-order valence-electron chi connectivity index (χ0n) is 9.51. The molecule has 0 fully saturated rings. The molecule has 1 N–H and O–H groups in total. The summed E-state index contributed by atoms with van der Waals surface area (Å²) in [6.07, 6.45) is 1.94. The molecule has 0 bridgehead atoms. The molecule has 0 aliphatic heterocycles. The van der Waals surface area contributed by atoms with Crippen molar-refractivity contribution in [1.82, 2.24) is 19.9 Å². The number of nitrogens with zero attached hydrogens (tertiary/aromatic N) is 3. The van der Waals surface area contributed by atoms with Gasteiger partial charge >= 0.3 is 0 Å². The summed E-state index contributed by atoms with van der Waals surface area (Å²) in [6, 6.07) is 9.38. The lowest BCUT2D eigenvalue weighted by Crippen LogP contribution is -2.14. The second kappa shape index (κ2) is 4.80. The Morgan fingerprint density at radius 1 is 1.17 bits per heavy atom. The number of rotatable bonds is 4. The molecule has 6 heteroatoms. The van der Waals surface area contributed by atoms with E-state index in [4.69, 9.17) is 16.0 Å². The molecule has 3 aromatic heterocycles. The monoisotopic (exact) mass is 262 g/mol. The van der Waals surface area contributed by atoms with Gasteiger partial charge in [0.15, 0.2) is 16.7 Å². The summed E-state index contributed by atoms with van der Waals surface area (Å²) in [5.41, 5.74) is 0.843. The van der Waals surface area contributed by atoms with Crippen molar-refractivity contribution in [3.63, 3.8) is 0 Å². The molecule has 0 aliphatic carbocycles. The Morgan fingerprint density at radius 3 is 2.94 bits per heavy atom. The van der Waals surface area contributed by atoms with Crippen LogP contribution >= 0.6 is 11.6 Å². The Kier molecular flexibility index (Phi) is 3.00. The van der Waals surface area contributed by atoms with Crippen LogP contribution < -0.4 is 5.32 Å². The first-order valence-corrected chi connectivity index (χ1v) is 5.94. The summed E-state index contributed by atoms with van der Waals surface area (Å²) in [6.45, 7) is 1.22. The molecular formula is C12H11ClN4O. The normalized spacial score (nSPS) is 11.2. The lowest BCUT2D eigenvalue weighted by molar-refractivity contribution is 0.481. The van der Waals surface area contributed by atoms with Crippen LogP contribution in [0.15, 0.2) is 40.9 Å². The second-order valence-corrected chi connectivity index (χ2v) is 4.23. The van der Waals surface area contributed by atoms with Crippen molar-refractivity contribution in [3.8, 4) is 0 Å². The molecule has 0 radical (unpaired) electrons. The van der Waals surface area contributed by atoms with E-state index in [9.17, 15) is 0 Å². The number of fused-ring (bicyclic) bond motifs is 1. The lowest BCUT2D eigenvalue weighted by Gasteiger charge is -2.01. The summed E-state index contributed by atoms with van der Waals surface area (Å²) < 4.78 is 7.20. The standard InChI is InChI=1S/C12H11ClN4O/c13-10-5-4-9(18-10)7-14-8-12-16-15-11-3-1-2-6-17(11)12/h1-6,14H,7-8H2. The Hall–Kier alpha value is -1.85. The number of nitrogens with one attached hydrogen (secondary N) is 1. The summed E-state index contributed by atoms with van der Waals surface area (Å²) in [5, 5.41) is 11.8. The number of hydrogen-bond acceptors (Lipinski definition) is 4. The Bertz CT molecular complexity index is 661. The average Bonchev–Trinajstić information content (AvgIpc) is 2.97. The molecule has 0 unspecified atom stereocenters. The van der Waals surface area contributed by atoms with Gasteiger partial charge in [0.05, 0.1) is 13.1 Å². The predicted octanol–water partition coefficient (Wildman–Crippen LogP) is 2.27. The van der Waals surface area contributed by atoms with Crippen LogP contribution in [0.25, 0.3) is 5.65 Å². The highest BCUT2D eigenvalue weighted by Crippen LogP contribution is 2.12. The van der Waals surface area contributed by atoms with Gasteiger partial charge in [0.25, 0.3) is 0 Å². The van der Waals surface area contributed by atoms with Crippen LogP contribution in [-0.4, -0.2) is 14.6 Å². The van der Waals surface area contributed by atoms with Crippen molar-refractivity contribution >= 4 is 17.2 Å². The van der Waals surface area contributed by atoms with Crippen LogP contribution in [0.5, 0.6) is 0 Å². The third-order valence-electron chi connectivity index (χ3n) is 2.60. The van der Waals surface area contributed by atoms with Gasteiger partial charge in [0.1, 0.15) is 5.76 Å². The van der Waals surface area contributed by atoms with Gasteiger partial charge in [0.2, 0.25) is 0 Å². The van der Waals surface area contributed by atoms with Crippen LogP contribution in [0.2, 0.25) is 5.22 Å². The number of pyridine rings is 1. The lowest BCUT2D eigenvalue weighted by atomic mass is 10.4. The molecule has 3 rings (SSSR count). The second-order valence-electron chi connectivity index (χ2n) is 3.85. The molecule has 0 spiro atoms. The van der Waals surface area contributed by atoms with Crippen LogP contribution in [0.4, 0.5) is 0 Å². The fourth-order valence-electron chi connectivity index (χ4n) is 1.76. The van der Waals surface area contributed by atoms with Crippen molar-refractivity contribution in [2.75, 3.05) is 0 Å². The SMILES string of the molecule is Clc1ccc(CNCc2nnc3ccccn23)o1. The third kappa shape index (κ3) is 2.23. The topological polar surface area (TPSA) is 55.4 Å². The van der Waals surface area contributed by atoms with Gasteiger partial charge in [-0.15, -0.1) is 10.2 Å². The minimum absolute atomic E-state index is 0.403. The van der Waals surface area contributed by atoms with Gasteiger partial charge in [0, 0.05) is 6.20 Å². The Morgan fingerprint density at radius 2 is 2.11 bits per heavy atom. The minimum Gasteiger partial charge on any atom is -0.448 e. The van der Waals surface area contributed by atoms with Crippen molar-refractivity contribution in [3.05, 3.63) is 53.3 Å². The number of halogens is 1. The molecule has 0 aromatic carbocycles. The first-order chi connectivity index (χ1) is 8.83. The van der Waals surface area contributed by atoms with E-state index in [2.05, 4.69) is 15.5 Å². The third-order valence-corrected chi connectivity index (χ3v) is 2.80. The summed E-state index contributed by atoms with van der Waals surface area (Å²) in [5.74, 6) is 1.66. The van der Waals surface area contributed by atoms with E-state index in [1.807, 2.05) is 34.9 Å². The van der Waals surface area contributed by atoms with Crippen LogP contribution in [0.3, 0.4) is 0 Å². The maximum atomic E-state index is 5.70. The van der Waals surface area contributed by atoms with E-state index in [0.29, 0.717) is 18.3 Å². The largest absolute Gasteiger partial charge is 0.448 e. The highest BCUT2D eigenvalue weighted by Gasteiger charge is 2.04. The minimum atomic E-state index is 0.403. The number of hydrogen-bond donors (Lipinski definition) is 1. The van der Waals surface area contributed by atoms with Gasteiger partial charge in [-0.05, 0) is 35.9 Å². The molecule has 18 heavy (non-hydrogen) atoms. The van der Waals surface area contributed by atoms with Gasteiger partial charge in [-0.2, -0.15) is 0 Å². The fraction of sp³-hybridized carbons (Fsp3) is 0.167. The summed E-state index contributed by atoms with van der Waals surface area (Å²) >= 11 is 5.70. The van der Waals surface area contributed by atoms with Crippen molar-refractivity contribution in [2.24, 2.45) is 0 Å². The van der Waals surface area contributed by atoms with Crippen LogP contribution in [0, 0.1) is 0 Å². The summed E-state index contributed by atoms with van der Waals surface area (Å²) in [7, 11) is 0. The first kappa shape index (κ1) is 11.3. The fourth-order valence-corrected chi connectivity index (χ4v) is 1.92. The molecule has 3 heterocycles. The molecule has 92 valence electrons. The van der Waals surface area contributed by atoms with Gasteiger partial charge < -0.3 is 9.73 Å². The molecule has 5 nitrogen and oxygen atoms in total. The maximum absolute atomic E-state index is 5.70. The van der Waals surface area contributed by atoms with Crippen LogP contribution in [0.1, 0.15) is 11.6 Å². The zero-order chi connectivity index (χ0) is 12.4. The van der Waals surface area contributed by atoms with Crippen molar-refractivity contribution in [1.29, 1.82) is 0 Å². The Balaban J connectivity index is 1.66. The number of furan rings is 1. The zero-order valence-corrected chi connectivity index (χ0v) is 10.3. The Labute approximate surface area is 108 Å². The molecule has 3 aromatic rings. The van der Waals surface area contributed by atoms with E-state index in [1.165, 1.54) is 0 Å². The number of aromatic nitrogens is 3. The molecule has 0 atom stereocenters. The van der Waals surface area contributed by atoms with E-state index in [0.717, 1.165) is 17.2 Å². The highest BCUT2D eigenvalue weighted by molar-refractivity contribution is 6.28. The molecule has 0 saturated carbocycles. The first-order valence-electron chi connectivity index (χ1n) is 5.56. The van der Waals surface area contributed by atoms with Gasteiger partial charge in [-0.25, -0.2) is 0 Å². The quantitative estimate of drug-likeness (QED) is 0.784. The molecule has 0 aliphatic rings. The van der Waals surface area contributed by atoms with Gasteiger partial charge in [-0.3, -0.25) is 4.40 Å². The van der Waals surface area contributed by atoms with Gasteiger partial charge in [-0.1, -0.05) is 6.07 Å². The van der Waals surface area contributed by atoms with E-state index >= 15 is 0 Å². The smallest absolute Gasteiger partial charge is 0.193 e.